The molecule has 23 heavy (non-hydrogen) atoms. The number of allylic oxidation sites excluding steroid dienone is 3. The predicted molar refractivity (Wildman–Crippen MR) is 92.9 cm³/mol. The third kappa shape index (κ3) is 2.73. The minimum Gasteiger partial charge on any atom is -0.327 e. The molecule has 3 rings (SSSR count). The van der Waals surface area contributed by atoms with Crippen LogP contribution in [0.3, 0.4) is 0 Å². The summed E-state index contributed by atoms with van der Waals surface area (Å²) in [7, 11) is 0. The first-order chi connectivity index (χ1) is 11.0. The van der Waals surface area contributed by atoms with Gasteiger partial charge in [0.2, 0.25) is 0 Å². The largest absolute Gasteiger partial charge is 0.327 e. The van der Waals surface area contributed by atoms with Gasteiger partial charge in [-0.1, -0.05) is 25.2 Å². The van der Waals surface area contributed by atoms with Crippen LogP contribution in [-0.4, -0.2) is 6.04 Å². The molecule has 1 aromatic rings. The summed E-state index contributed by atoms with van der Waals surface area (Å²) in [6, 6.07) is 6.36. The van der Waals surface area contributed by atoms with Gasteiger partial charge in [0.25, 0.3) is 0 Å². The molecule has 0 aromatic heterocycles. The first-order valence-corrected chi connectivity index (χ1v) is 8.08. The lowest BCUT2D eigenvalue weighted by atomic mass is 9.63. The zero-order chi connectivity index (χ0) is 16.6. The Labute approximate surface area is 137 Å². The van der Waals surface area contributed by atoms with Gasteiger partial charge in [-0.05, 0) is 61.6 Å². The Morgan fingerprint density at radius 3 is 2.70 bits per heavy atom. The van der Waals surface area contributed by atoms with Crippen molar-refractivity contribution in [2.45, 2.75) is 38.6 Å². The number of fused-ring (bicyclic) bond motifs is 1. The number of rotatable bonds is 3. The van der Waals surface area contributed by atoms with Crippen LogP contribution in [0.1, 0.15) is 32.6 Å². The number of hydrogen-bond donors (Lipinski definition) is 2. The normalized spacial score (nSPS) is 27.3. The van der Waals surface area contributed by atoms with E-state index in [0.29, 0.717) is 0 Å². The van der Waals surface area contributed by atoms with Crippen LogP contribution in [0.4, 0.5) is 10.1 Å². The van der Waals surface area contributed by atoms with Gasteiger partial charge in [0.05, 0.1) is 11.4 Å². The van der Waals surface area contributed by atoms with Crippen molar-refractivity contribution < 1.29 is 4.39 Å². The van der Waals surface area contributed by atoms with Crippen molar-refractivity contribution in [2.75, 3.05) is 5.01 Å². The maximum absolute atomic E-state index is 13.1. The van der Waals surface area contributed by atoms with Crippen LogP contribution in [0.5, 0.6) is 0 Å². The number of hydrogen-bond acceptors (Lipinski definition) is 3. The number of benzene rings is 1. The summed E-state index contributed by atoms with van der Waals surface area (Å²) in [4.78, 5) is 0. The molecule has 0 aliphatic heterocycles. The summed E-state index contributed by atoms with van der Waals surface area (Å²) < 4.78 is 13.1. The average Bonchev–Trinajstić information content (AvgIpc) is 2.55. The van der Waals surface area contributed by atoms with Gasteiger partial charge >= 0.3 is 0 Å². The minimum atomic E-state index is -0.270. The van der Waals surface area contributed by atoms with Gasteiger partial charge < -0.3 is 5.73 Å². The topological polar surface area (TPSA) is 55.3 Å². The Morgan fingerprint density at radius 1 is 1.35 bits per heavy atom. The molecule has 0 radical (unpaired) electrons. The van der Waals surface area contributed by atoms with Crippen molar-refractivity contribution >= 4 is 5.69 Å². The fourth-order valence-corrected chi connectivity index (χ4v) is 3.72. The van der Waals surface area contributed by atoms with Crippen LogP contribution in [0, 0.1) is 11.2 Å². The Bertz CT molecular complexity index is 674. The van der Waals surface area contributed by atoms with Crippen molar-refractivity contribution in [3.63, 3.8) is 0 Å². The molecular formula is C19H24FN3. The van der Waals surface area contributed by atoms with E-state index in [1.165, 1.54) is 17.7 Å². The molecule has 0 bridgehead atoms. The van der Waals surface area contributed by atoms with Gasteiger partial charge in [0, 0.05) is 11.5 Å². The van der Waals surface area contributed by atoms with Gasteiger partial charge in [-0.15, -0.1) is 0 Å². The molecule has 2 aliphatic rings. The Morgan fingerprint density at radius 2 is 2.04 bits per heavy atom. The standard InChI is InChI=1S/C19H24FN3/c1-3-13-12-19(2)14(5-4-6-18(19)21)11-17(13)23(22)16-9-7-15(20)8-10-16/h3,7-11,18H,1,4-6,12,21-22H2,2H3/t18?,19-/m0/s1. The van der Waals surface area contributed by atoms with Crippen molar-refractivity contribution in [3.8, 4) is 0 Å². The second kappa shape index (κ2) is 5.95. The van der Waals surface area contributed by atoms with Crippen molar-refractivity contribution in [3.05, 3.63) is 65.7 Å². The molecule has 1 fully saturated rings. The summed E-state index contributed by atoms with van der Waals surface area (Å²) in [5.41, 5.74) is 10.5. The highest BCUT2D eigenvalue weighted by Crippen LogP contribution is 2.48. The number of halogens is 1. The minimum absolute atomic E-state index is 0.0189. The first-order valence-electron chi connectivity index (χ1n) is 8.08. The van der Waals surface area contributed by atoms with E-state index in [4.69, 9.17) is 11.6 Å². The Hall–Kier alpha value is -1.91. The summed E-state index contributed by atoms with van der Waals surface area (Å²) in [6.45, 7) is 6.19. The monoisotopic (exact) mass is 313 g/mol. The zero-order valence-electron chi connectivity index (χ0n) is 13.6. The lowest BCUT2D eigenvalue weighted by Crippen LogP contribution is -2.46. The van der Waals surface area contributed by atoms with E-state index in [0.717, 1.165) is 42.6 Å². The van der Waals surface area contributed by atoms with Crippen LogP contribution in [-0.2, 0) is 0 Å². The highest BCUT2D eigenvalue weighted by atomic mass is 19.1. The van der Waals surface area contributed by atoms with Gasteiger partial charge in [-0.2, -0.15) is 0 Å². The number of nitrogens with zero attached hydrogens (tertiary/aromatic N) is 1. The summed E-state index contributed by atoms with van der Waals surface area (Å²) >= 11 is 0. The summed E-state index contributed by atoms with van der Waals surface area (Å²) in [6.07, 6.45) is 8.07. The molecule has 0 saturated heterocycles. The maximum atomic E-state index is 13.1. The van der Waals surface area contributed by atoms with Crippen molar-refractivity contribution in [1.29, 1.82) is 0 Å². The molecule has 4 heteroatoms. The summed E-state index contributed by atoms with van der Waals surface area (Å²) in [5, 5.41) is 1.61. The Kier molecular flexibility index (Phi) is 4.13. The molecule has 122 valence electrons. The molecule has 2 aliphatic carbocycles. The molecule has 0 spiro atoms. The van der Waals surface area contributed by atoms with Crippen LogP contribution in [0.25, 0.3) is 0 Å². The molecule has 2 atom stereocenters. The number of hydrazine groups is 1. The van der Waals surface area contributed by atoms with Gasteiger partial charge in [0.1, 0.15) is 5.82 Å². The van der Waals surface area contributed by atoms with Crippen LogP contribution < -0.4 is 16.6 Å². The average molecular weight is 313 g/mol. The highest BCUT2D eigenvalue weighted by Gasteiger charge is 2.41. The van der Waals surface area contributed by atoms with Crippen LogP contribution in [0.15, 0.2) is 59.8 Å². The van der Waals surface area contributed by atoms with E-state index in [1.54, 1.807) is 17.1 Å². The van der Waals surface area contributed by atoms with E-state index in [-0.39, 0.29) is 17.3 Å². The lowest BCUT2D eigenvalue weighted by molar-refractivity contribution is 0.249. The van der Waals surface area contributed by atoms with Crippen molar-refractivity contribution in [2.24, 2.45) is 17.0 Å². The molecule has 0 heterocycles. The third-order valence-corrected chi connectivity index (χ3v) is 5.32. The molecule has 0 amide bonds. The quantitative estimate of drug-likeness (QED) is 0.659. The fraction of sp³-hybridized carbons (Fsp3) is 0.368. The molecule has 1 unspecified atom stereocenters. The molecule has 4 N–H and O–H groups in total. The molecule has 1 saturated carbocycles. The maximum Gasteiger partial charge on any atom is 0.123 e. The van der Waals surface area contributed by atoms with Crippen molar-refractivity contribution in [1.82, 2.24) is 0 Å². The number of anilines is 1. The highest BCUT2D eigenvalue weighted by molar-refractivity contribution is 5.58. The van der Waals surface area contributed by atoms with Gasteiger partial charge in [-0.25, -0.2) is 10.2 Å². The van der Waals surface area contributed by atoms with E-state index in [1.807, 2.05) is 6.08 Å². The van der Waals surface area contributed by atoms with Gasteiger partial charge in [-0.3, -0.25) is 5.01 Å². The zero-order valence-corrected chi connectivity index (χ0v) is 13.6. The SMILES string of the molecule is C=CC1=C(N(N)c2ccc(F)cc2)C=C2CCCC(N)[C@@]2(C)C1. The fourth-order valence-electron chi connectivity index (χ4n) is 3.72. The molecule has 1 aromatic carbocycles. The van der Waals surface area contributed by atoms with E-state index in [9.17, 15) is 4.39 Å². The van der Waals surface area contributed by atoms with Crippen LogP contribution in [0.2, 0.25) is 0 Å². The van der Waals surface area contributed by atoms with Gasteiger partial charge in [0.15, 0.2) is 0 Å². The second-order valence-corrected chi connectivity index (χ2v) is 6.72. The number of nitrogens with two attached hydrogens (primary N) is 2. The molecule has 3 nitrogen and oxygen atoms in total. The van der Waals surface area contributed by atoms with Crippen LogP contribution >= 0.6 is 0 Å². The third-order valence-electron chi connectivity index (χ3n) is 5.32. The predicted octanol–water partition coefficient (Wildman–Crippen LogP) is 3.79. The second-order valence-electron chi connectivity index (χ2n) is 6.72. The lowest BCUT2D eigenvalue weighted by Gasteiger charge is -2.45. The van der Waals surface area contributed by atoms with E-state index < -0.39 is 0 Å². The smallest absolute Gasteiger partial charge is 0.123 e. The molecular weight excluding hydrogens is 289 g/mol. The first kappa shape index (κ1) is 16.0. The van der Waals surface area contributed by atoms with E-state index >= 15 is 0 Å². The van der Waals surface area contributed by atoms with E-state index in [2.05, 4.69) is 19.6 Å². The Balaban J connectivity index is 2.00. The summed E-state index contributed by atoms with van der Waals surface area (Å²) in [5.74, 6) is 6.04.